The highest BCUT2D eigenvalue weighted by Crippen LogP contribution is 2.37. The number of hydrogen-bond acceptors (Lipinski definition) is 6. The van der Waals surface area contributed by atoms with Crippen LogP contribution < -0.4 is 16.6 Å². The quantitative estimate of drug-likeness (QED) is 0.706. The summed E-state index contributed by atoms with van der Waals surface area (Å²) in [7, 11) is 0. The van der Waals surface area contributed by atoms with Gasteiger partial charge in [-0.15, -0.1) is 11.3 Å². The second-order valence-corrected chi connectivity index (χ2v) is 5.21. The SMILES string of the molecule is Cc1ncsc1C1CC(=O)Nc2nc(N)[nH]c(=O)c21. The first kappa shape index (κ1) is 11.8. The Balaban J connectivity index is 2.23. The molecule has 98 valence electrons. The van der Waals surface area contributed by atoms with Gasteiger partial charge in [-0.25, -0.2) is 4.98 Å². The molecule has 0 bridgehead atoms. The Morgan fingerprint density at radius 1 is 1.47 bits per heavy atom. The molecule has 0 aromatic carbocycles. The predicted molar refractivity (Wildman–Crippen MR) is 71.2 cm³/mol. The maximum atomic E-state index is 12.1. The van der Waals surface area contributed by atoms with Gasteiger partial charge in [-0.05, 0) is 6.92 Å². The van der Waals surface area contributed by atoms with Gasteiger partial charge in [0.15, 0.2) is 0 Å². The molecule has 0 saturated heterocycles. The van der Waals surface area contributed by atoms with E-state index in [-0.39, 0.29) is 35.6 Å². The van der Waals surface area contributed by atoms with E-state index in [1.807, 2.05) is 6.92 Å². The van der Waals surface area contributed by atoms with Crippen LogP contribution in [-0.4, -0.2) is 20.9 Å². The smallest absolute Gasteiger partial charge is 0.258 e. The minimum absolute atomic E-state index is 0.00859. The van der Waals surface area contributed by atoms with Crippen LogP contribution in [0.25, 0.3) is 0 Å². The number of H-pyrrole nitrogens is 1. The van der Waals surface area contributed by atoms with Gasteiger partial charge in [-0.3, -0.25) is 14.6 Å². The van der Waals surface area contributed by atoms with Crippen molar-refractivity contribution in [2.45, 2.75) is 19.3 Å². The van der Waals surface area contributed by atoms with Crippen molar-refractivity contribution in [3.05, 3.63) is 32.0 Å². The topological polar surface area (TPSA) is 114 Å². The molecule has 0 saturated carbocycles. The van der Waals surface area contributed by atoms with Gasteiger partial charge in [-0.2, -0.15) is 4.98 Å². The molecule has 8 heteroatoms. The number of hydrogen-bond donors (Lipinski definition) is 3. The summed E-state index contributed by atoms with van der Waals surface area (Å²) in [5.74, 6) is -0.253. The average Bonchev–Trinajstić information content (AvgIpc) is 2.73. The highest BCUT2D eigenvalue weighted by atomic mass is 32.1. The van der Waals surface area contributed by atoms with Gasteiger partial charge >= 0.3 is 0 Å². The van der Waals surface area contributed by atoms with E-state index in [0.717, 1.165) is 10.6 Å². The molecule has 3 rings (SSSR count). The van der Waals surface area contributed by atoms with E-state index in [4.69, 9.17) is 5.73 Å². The maximum Gasteiger partial charge on any atom is 0.258 e. The maximum absolute atomic E-state index is 12.1. The molecule has 1 unspecified atom stereocenters. The Hall–Kier alpha value is -2.22. The lowest BCUT2D eigenvalue weighted by atomic mass is 9.91. The van der Waals surface area contributed by atoms with Gasteiger partial charge in [0.1, 0.15) is 5.82 Å². The minimum atomic E-state index is -0.319. The minimum Gasteiger partial charge on any atom is -0.369 e. The third-order valence-electron chi connectivity index (χ3n) is 3.07. The third-order valence-corrected chi connectivity index (χ3v) is 4.11. The second-order valence-electron chi connectivity index (χ2n) is 4.32. The number of nitrogens with zero attached hydrogens (tertiary/aromatic N) is 2. The van der Waals surface area contributed by atoms with Crippen molar-refractivity contribution >= 4 is 29.0 Å². The van der Waals surface area contributed by atoms with Gasteiger partial charge < -0.3 is 11.1 Å². The van der Waals surface area contributed by atoms with Gasteiger partial charge in [-0.1, -0.05) is 0 Å². The van der Waals surface area contributed by atoms with E-state index in [9.17, 15) is 9.59 Å². The predicted octanol–water partition coefficient (Wildman–Crippen LogP) is 0.591. The van der Waals surface area contributed by atoms with Crippen LogP contribution in [-0.2, 0) is 4.79 Å². The zero-order valence-corrected chi connectivity index (χ0v) is 10.9. The Labute approximate surface area is 111 Å². The van der Waals surface area contributed by atoms with Crippen molar-refractivity contribution in [2.75, 3.05) is 11.1 Å². The van der Waals surface area contributed by atoms with Crippen LogP contribution in [0.3, 0.4) is 0 Å². The highest BCUT2D eigenvalue weighted by molar-refractivity contribution is 7.09. The third kappa shape index (κ3) is 1.89. The van der Waals surface area contributed by atoms with Gasteiger partial charge in [0.05, 0.1) is 16.8 Å². The molecule has 0 spiro atoms. The lowest BCUT2D eigenvalue weighted by Gasteiger charge is -2.23. The number of carbonyl (C=O) groups excluding carboxylic acids is 1. The summed E-state index contributed by atoms with van der Waals surface area (Å²) >= 11 is 1.43. The van der Waals surface area contributed by atoms with E-state index in [1.54, 1.807) is 5.51 Å². The number of aromatic amines is 1. The zero-order valence-electron chi connectivity index (χ0n) is 10.1. The van der Waals surface area contributed by atoms with Gasteiger partial charge in [0.25, 0.3) is 5.56 Å². The number of nitrogens with two attached hydrogens (primary N) is 1. The molecule has 0 aliphatic carbocycles. The zero-order chi connectivity index (χ0) is 13.6. The molecule has 1 amide bonds. The number of aromatic nitrogens is 3. The van der Waals surface area contributed by atoms with Crippen molar-refractivity contribution in [2.24, 2.45) is 0 Å². The molecule has 1 atom stereocenters. The van der Waals surface area contributed by atoms with Crippen LogP contribution in [0.5, 0.6) is 0 Å². The summed E-state index contributed by atoms with van der Waals surface area (Å²) in [6.07, 6.45) is 0.213. The summed E-state index contributed by atoms with van der Waals surface area (Å²) in [6.45, 7) is 1.86. The van der Waals surface area contributed by atoms with E-state index in [1.165, 1.54) is 11.3 Å². The van der Waals surface area contributed by atoms with E-state index in [0.29, 0.717) is 5.56 Å². The fraction of sp³-hybridized carbons (Fsp3) is 0.273. The molecule has 1 aliphatic rings. The molecule has 0 radical (unpaired) electrons. The number of carbonyl (C=O) groups is 1. The van der Waals surface area contributed by atoms with Crippen LogP contribution in [0.15, 0.2) is 10.3 Å². The van der Waals surface area contributed by atoms with E-state index in [2.05, 4.69) is 20.3 Å². The Morgan fingerprint density at radius 3 is 2.95 bits per heavy atom. The lowest BCUT2D eigenvalue weighted by Crippen LogP contribution is -2.31. The molecular formula is C11H11N5O2S. The number of thiazole rings is 1. The fourth-order valence-electron chi connectivity index (χ4n) is 2.26. The molecule has 2 aromatic rings. The van der Waals surface area contributed by atoms with Crippen LogP contribution in [0.4, 0.5) is 11.8 Å². The van der Waals surface area contributed by atoms with Crippen molar-refractivity contribution < 1.29 is 4.79 Å². The molecular weight excluding hydrogens is 266 g/mol. The average molecular weight is 277 g/mol. The first-order valence-electron chi connectivity index (χ1n) is 5.65. The fourth-order valence-corrected chi connectivity index (χ4v) is 3.17. The lowest BCUT2D eigenvalue weighted by molar-refractivity contribution is -0.116. The van der Waals surface area contributed by atoms with Crippen molar-refractivity contribution in [1.29, 1.82) is 0 Å². The van der Waals surface area contributed by atoms with Crippen LogP contribution >= 0.6 is 11.3 Å². The van der Waals surface area contributed by atoms with Gasteiger partial charge in [0, 0.05) is 17.2 Å². The molecule has 4 N–H and O–H groups in total. The Morgan fingerprint density at radius 2 is 2.26 bits per heavy atom. The van der Waals surface area contributed by atoms with Crippen LogP contribution in [0, 0.1) is 6.92 Å². The highest BCUT2D eigenvalue weighted by Gasteiger charge is 2.32. The van der Waals surface area contributed by atoms with Crippen molar-refractivity contribution in [3.63, 3.8) is 0 Å². The second kappa shape index (κ2) is 4.16. The number of aryl methyl sites for hydroxylation is 1. The van der Waals surface area contributed by atoms with Crippen molar-refractivity contribution in [3.8, 4) is 0 Å². The molecule has 19 heavy (non-hydrogen) atoms. The summed E-state index contributed by atoms with van der Waals surface area (Å²) in [6, 6.07) is 0. The van der Waals surface area contributed by atoms with Gasteiger partial charge in [0.2, 0.25) is 11.9 Å². The Kier molecular flexibility index (Phi) is 2.59. The number of rotatable bonds is 1. The summed E-state index contributed by atoms with van der Waals surface area (Å²) in [5, 5.41) is 2.59. The molecule has 0 fully saturated rings. The molecule has 1 aliphatic heterocycles. The standard InChI is InChI=1S/C11H11N5O2S/c1-4-8(19-3-13-4)5-2-6(17)14-9-7(5)10(18)16-11(12)15-9/h3,5H,2H2,1H3,(H4,12,14,15,16,17,18). The normalized spacial score (nSPS) is 17.9. The molecule has 2 aromatic heterocycles. The van der Waals surface area contributed by atoms with Crippen LogP contribution in [0.2, 0.25) is 0 Å². The summed E-state index contributed by atoms with van der Waals surface area (Å²) in [5.41, 5.74) is 8.15. The first-order valence-corrected chi connectivity index (χ1v) is 6.53. The molecule has 3 heterocycles. The number of nitrogen functional groups attached to an aromatic ring is 1. The summed E-state index contributed by atoms with van der Waals surface area (Å²) in [4.78, 5) is 35.3. The number of amides is 1. The molecule has 7 nitrogen and oxygen atoms in total. The number of nitrogens with one attached hydrogen (secondary N) is 2. The van der Waals surface area contributed by atoms with Crippen molar-refractivity contribution in [1.82, 2.24) is 15.0 Å². The summed E-state index contributed by atoms with van der Waals surface area (Å²) < 4.78 is 0. The number of anilines is 2. The first-order chi connectivity index (χ1) is 9.06. The van der Waals surface area contributed by atoms with E-state index >= 15 is 0 Å². The van der Waals surface area contributed by atoms with Crippen LogP contribution in [0.1, 0.15) is 28.5 Å². The monoisotopic (exact) mass is 277 g/mol. The number of fused-ring (bicyclic) bond motifs is 1. The van der Waals surface area contributed by atoms with E-state index < -0.39 is 0 Å². The largest absolute Gasteiger partial charge is 0.369 e. The Bertz CT molecular complexity index is 720.